The molecule has 4 heteroatoms. The maximum Gasteiger partial charge on any atom is -0.00110 e. The summed E-state index contributed by atoms with van der Waals surface area (Å²) < 4.78 is 0. The van der Waals surface area contributed by atoms with Crippen LogP contribution in [-0.2, 0) is 0 Å². The van der Waals surface area contributed by atoms with Gasteiger partial charge in [-0.1, -0.05) is 6.92 Å². The molecule has 4 nitrogen and oxygen atoms in total. The van der Waals surface area contributed by atoms with E-state index in [2.05, 4.69) is 55.5 Å². The molecule has 0 aromatic carbocycles. The van der Waals surface area contributed by atoms with Gasteiger partial charge in [0.2, 0.25) is 0 Å². The van der Waals surface area contributed by atoms with Crippen LogP contribution in [0.1, 0.15) is 19.8 Å². The Morgan fingerprint density at radius 3 is 1.50 bits per heavy atom. The SMILES string of the molecule is CC(CNCCCN(C)C)CNCCCN(C)C. The van der Waals surface area contributed by atoms with Gasteiger partial charge >= 0.3 is 0 Å². The molecule has 0 radical (unpaired) electrons. The molecule has 0 heterocycles. The maximum absolute atomic E-state index is 3.52. The van der Waals surface area contributed by atoms with Crippen molar-refractivity contribution >= 4 is 0 Å². The topological polar surface area (TPSA) is 30.5 Å². The first kappa shape index (κ1) is 17.8. The summed E-state index contributed by atoms with van der Waals surface area (Å²) >= 11 is 0. The Kier molecular flexibility index (Phi) is 11.8. The summed E-state index contributed by atoms with van der Waals surface area (Å²) in [5.74, 6) is 0.712. The predicted molar refractivity (Wildman–Crippen MR) is 81.2 cm³/mol. The molecule has 0 unspecified atom stereocenters. The van der Waals surface area contributed by atoms with Crippen LogP contribution in [0.15, 0.2) is 0 Å². The Bertz CT molecular complexity index is 153. The first-order chi connectivity index (χ1) is 8.52. The highest BCUT2D eigenvalue weighted by Gasteiger charge is 2.00. The minimum absolute atomic E-state index is 0.712. The summed E-state index contributed by atoms with van der Waals surface area (Å²) in [5, 5.41) is 7.05. The molecule has 0 aromatic rings. The zero-order valence-corrected chi connectivity index (χ0v) is 13.1. The van der Waals surface area contributed by atoms with Gasteiger partial charge in [0.25, 0.3) is 0 Å². The van der Waals surface area contributed by atoms with Crippen molar-refractivity contribution in [3.63, 3.8) is 0 Å². The van der Waals surface area contributed by atoms with Crippen molar-refractivity contribution < 1.29 is 0 Å². The summed E-state index contributed by atoms with van der Waals surface area (Å²) in [6, 6.07) is 0. The minimum Gasteiger partial charge on any atom is -0.316 e. The normalized spacial score (nSPS) is 12.0. The first-order valence-corrected chi connectivity index (χ1v) is 7.23. The average molecular weight is 258 g/mol. The number of hydrogen-bond donors (Lipinski definition) is 2. The zero-order valence-electron chi connectivity index (χ0n) is 13.1. The number of rotatable bonds is 12. The molecular weight excluding hydrogens is 224 g/mol. The second-order valence-corrected chi connectivity index (χ2v) is 5.83. The Balaban J connectivity index is 3.19. The van der Waals surface area contributed by atoms with Crippen molar-refractivity contribution in [2.75, 3.05) is 67.5 Å². The minimum atomic E-state index is 0.712. The van der Waals surface area contributed by atoms with Crippen molar-refractivity contribution in [1.29, 1.82) is 0 Å². The van der Waals surface area contributed by atoms with E-state index in [0.717, 1.165) is 26.2 Å². The van der Waals surface area contributed by atoms with Gasteiger partial charge in [-0.15, -0.1) is 0 Å². The van der Waals surface area contributed by atoms with Crippen LogP contribution in [-0.4, -0.2) is 77.3 Å². The highest BCUT2D eigenvalue weighted by atomic mass is 15.1. The van der Waals surface area contributed by atoms with Gasteiger partial charge in [0.05, 0.1) is 0 Å². The molecule has 0 spiro atoms. The van der Waals surface area contributed by atoms with E-state index in [1.807, 2.05) is 0 Å². The van der Waals surface area contributed by atoms with Crippen LogP contribution in [0.25, 0.3) is 0 Å². The van der Waals surface area contributed by atoms with E-state index in [9.17, 15) is 0 Å². The van der Waals surface area contributed by atoms with E-state index in [0.29, 0.717) is 5.92 Å². The third kappa shape index (κ3) is 13.9. The lowest BCUT2D eigenvalue weighted by molar-refractivity contribution is 0.380. The molecule has 18 heavy (non-hydrogen) atoms. The molecule has 2 N–H and O–H groups in total. The molecule has 0 rings (SSSR count). The van der Waals surface area contributed by atoms with Gasteiger partial charge in [-0.3, -0.25) is 0 Å². The van der Waals surface area contributed by atoms with E-state index in [-0.39, 0.29) is 0 Å². The molecule has 0 fully saturated rings. The molecule has 110 valence electrons. The molecule has 0 amide bonds. The third-order valence-corrected chi connectivity index (χ3v) is 2.90. The molecular formula is C14H34N4. The molecule has 0 aliphatic carbocycles. The predicted octanol–water partition coefficient (Wildman–Crippen LogP) is 0.705. The lowest BCUT2D eigenvalue weighted by Gasteiger charge is -2.15. The van der Waals surface area contributed by atoms with Crippen LogP contribution in [0.3, 0.4) is 0 Å². The van der Waals surface area contributed by atoms with Crippen LogP contribution in [0.4, 0.5) is 0 Å². The molecule has 0 saturated carbocycles. The quantitative estimate of drug-likeness (QED) is 0.505. The van der Waals surface area contributed by atoms with Gasteiger partial charge in [0.1, 0.15) is 0 Å². The van der Waals surface area contributed by atoms with Crippen LogP contribution in [0, 0.1) is 5.92 Å². The molecule has 0 atom stereocenters. The first-order valence-electron chi connectivity index (χ1n) is 7.23. The molecule has 0 aromatic heterocycles. The lowest BCUT2D eigenvalue weighted by atomic mass is 10.2. The molecule has 0 aliphatic rings. The number of hydrogen-bond acceptors (Lipinski definition) is 4. The second kappa shape index (κ2) is 11.9. The van der Waals surface area contributed by atoms with Crippen molar-refractivity contribution in [2.24, 2.45) is 5.92 Å². The standard InChI is InChI=1S/C14H34N4/c1-14(12-15-8-6-10-17(2)3)13-16-9-7-11-18(4)5/h14-16H,6-13H2,1-5H3. The van der Waals surface area contributed by atoms with Crippen molar-refractivity contribution in [2.45, 2.75) is 19.8 Å². The zero-order chi connectivity index (χ0) is 13.8. The largest absolute Gasteiger partial charge is 0.316 e. The van der Waals surface area contributed by atoms with E-state index in [4.69, 9.17) is 0 Å². The summed E-state index contributed by atoms with van der Waals surface area (Å²) in [6.07, 6.45) is 2.46. The van der Waals surface area contributed by atoms with Gasteiger partial charge in [-0.05, 0) is 86.2 Å². The summed E-state index contributed by atoms with van der Waals surface area (Å²) in [7, 11) is 8.50. The van der Waals surface area contributed by atoms with Crippen molar-refractivity contribution in [3.8, 4) is 0 Å². The van der Waals surface area contributed by atoms with Crippen LogP contribution in [0.2, 0.25) is 0 Å². The van der Waals surface area contributed by atoms with Crippen LogP contribution < -0.4 is 10.6 Å². The van der Waals surface area contributed by atoms with Crippen molar-refractivity contribution in [1.82, 2.24) is 20.4 Å². The highest BCUT2D eigenvalue weighted by Crippen LogP contribution is 1.91. The third-order valence-electron chi connectivity index (χ3n) is 2.90. The Hall–Kier alpha value is -0.160. The number of nitrogens with zero attached hydrogens (tertiary/aromatic N) is 2. The second-order valence-electron chi connectivity index (χ2n) is 5.83. The Morgan fingerprint density at radius 1 is 0.778 bits per heavy atom. The van der Waals surface area contributed by atoms with E-state index in [1.54, 1.807) is 0 Å². The molecule has 0 aliphatic heterocycles. The van der Waals surface area contributed by atoms with E-state index in [1.165, 1.54) is 25.9 Å². The van der Waals surface area contributed by atoms with Gasteiger partial charge < -0.3 is 20.4 Å². The number of nitrogens with one attached hydrogen (secondary N) is 2. The Morgan fingerprint density at radius 2 is 1.17 bits per heavy atom. The van der Waals surface area contributed by atoms with Crippen LogP contribution >= 0.6 is 0 Å². The smallest absolute Gasteiger partial charge is 0.00110 e. The average Bonchev–Trinajstić information content (AvgIpc) is 2.27. The fraction of sp³-hybridized carbons (Fsp3) is 1.00. The summed E-state index contributed by atoms with van der Waals surface area (Å²) in [5.41, 5.74) is 0. The fourth-order valence-electron chi connectivity index (χ4n) is 1.81. The van der Waals surface area contributed by atoms with Gasteiger partial charge in [0.15, 0.2) is 0 Å². The Labute approximate surface area is 114 Å². The van der Waals surface area contributed by atoms with Crippen LogP contribution in [0.5, 0.6) is 0 Å². The van der Waals surface area contributed by atoms with Gasteiger partial charge in [-0.2, -0.15) is 0 Å². The maximum atomic E-state index is 3.52. The van der Waals surface area contributed by atoms with E-state index < -0.39 is 0 Å². The summed E-state index contributed by atoms with van der Waals surface area (Å²) in [4.78, 5) is 4.47. The lowest BCUT2D eigenvalue weighted by Crippen LogP contribution is -2.32. The fourth-order valence-corrected chi connectivity index (χ4v) is 1.81. The van der Waals surface area contributed by atoms with E-state index >= 15 is 0 Å². The summed E-state index contributed by atoms with van der Waals surface area (Å²) in [6.45, 7) is 9.14. The monoisotopic (exact) mass is 258 g/mol. The van der Waals surface area contributed by atoms with Gasteiger partial charge in [-0.25, -0.2) is 0 Å². The molecule has 0 saturated heterocycles. The highest BCUT2D eigenvalue weighted by molar-refractivity contribution is 4.61. The van der Waals surface area contributed by atoms with Crippen molar-refractivity contribution in [3.05, 3.63) is 0 Å². The molecule has 0 bridgehead atoms. The van der Waals surface area contributed by atoms with Gasteiger partial charge in [0, 0.05) is 0 Å².